The van der Waals surface area contributed by atoms with Gasteiger partial charge in [-0.3, -0.25) is 4.90 Å². The molecular formula is C10H13N3O. The maximum Gasteiger partial charge on any atom is 0.190 e. The molecule has 4 heteroatoms. The van der Waals surface area contributed by atoms with Crippen LogP contribution in [0, 0.1) is 0 Å². The molecule has 1 fully saturated rings. The molecule has 0 bridgehead atoms. The number of aromatic nitrogens is 1. The summed E-state index contributed by atoms with van der Waals surface area (Å²) in [6.45, 7) is 2.72. The van der Waals surface area contributed by atoms with Gasteiger partial charge in [-0.1, -0.05) is 6.07 Å². The number of rotatable bonds is 0. The van der Waals surface area contributed by atoms with Crippen LogP contribution in [0.1, 0.15) is 5.56 Å². The largest absolute Gasteiger partial charge is 0.340 e. The molecule has 0 N–H and O–H groups in total. The number of likely N-dealkylation sites (N-methyl/N-ethyl adjacent to an activating group) is 1. The van der Waals surface area contributed by atoms with Gasteiger partial charge in [-0.05, 0) is 13.1 Å². The molecule has 0 amide bonds. The van der Waals surface area contributed by atoms with Crippen LogP contribution in [0.15, 0.2) is 18.3 Å². The molecule has 1 unspecified atom stereocenters. The van der Waals surface area contributed by atoms with Crippen molar-refractivity contribution in [3.63, 3.8) is 0 Å². The van der Waals surface area contributed by atoms with Gasteiger partial charge in [-0.15, -0.1) is 0 Å². The smallest absolute Gasteiger partial charge is 0.190 e. The quantitative estimate of drug-likeness (QED) is 0.602. The lowest BCUT2D eigenvalue weighted by Crippen LogP contribution is -2.42. The normalized spacial score (nSPS) is 26.1. The Morgan fingerprint density at radius 2 is 2.43 bits per heavy atom. The van der Waals surface area contributed by atoms with Crippen molar-refractivity contribution in [1.29, 1.82) is 0 Å². The number of ether oxygens (including phenoxy) is 1. The predicted octanol–water partition coefficient (Wildman–Crippen LogP) is 0.647. The van der Waals surface area contributed by atoms with Gasteiger partial charge in [-0.2, -0.15) is 0 Å². The molecule has 2 aliphatic heterocycles. The highest BCUT2D eigenvalue weighted by molar-refractivity contribution is 5.49. The first kappa shape index (κ1) is 8.20. The van der Waals surface area contributed by atoms with Crippen LogP contribution < -0.4 is 4.90 Å². The molecule has 1 atom stereocenters. The SMILES string of the molecule is CN1CCN2c3ncccc3COC12. The minimum Gasteiger partial charge on any atom is -0.340 e. The Morgan fingerprint density at radius 3 is 3.36 bits per heavy atom. The fourth-order valence-electron chi connectivity index (χ4n) is 2.12. The number of nitrogens with zero attached hydrogens (tertiary/aromatic N) is 3. The van der Waals surface area contributed by atoms with E-state index in [-0.39, 0.29) is 6.35 Å². The Bertz CT molecular complexity index is 355. The van der Waals surface area contributed by atoms with Gasteiger partial charge in [0.25, 0.3) is 0 Å². The Morgan fingerprint density at radius 1 is 1.50 bits per heavy atom. The van der Waals surface area contributed by atoms with E-state index in [1.165, 1.54) is 5.56 Å². The maximum atomic E-state index is 5.75. The van der Waals surface area contributed by atoms with Crippen molar-refractivity contribution in [3.8, 4) is 0 Å². The highest BCUT2D eigenvalue weighted by Gasteiger charge is 2.35. The van der Waals surface area contributed by atoms with Crippen LogP contribution in [0.3, 0.4) is 0 Å². The molecule has 0 saturated carbocycles. The van der Waals surface area contributed by atoms with Crippen molar-refractivity contribution in [1.82, 2.24) is 9.88 Å². The molecule has 14 heavy (non-hydrogen) atoms. The van der Waals surface area contributed by atoms with Crippen molar-refractivity contribution in [3.05, 3.63) is 23.9 Å². The third-order valence-corrected chi connectivity index (χ3v) is 2.86. The second-order valence-corrected chi connectivity index (χ2v) is 3.80. The molecule has 0 aromatic carbocycles. The minimum absolute atomic E-state index is 0.0948. The highest BCUT2D eigenvalue weighted by atomic mass is 16.5. The number of fused-ring (bicyclic) bond motifs is 3. The van der Waals surface area contributed by atoms with E-state index >= 15 is 0 Å². The molecule has 2 aliphatic rings. The van der Waals surface area contributed by atoms with Crippen LogP contribution in [0.4, 0.5) is 5.82 Å². The lowest BCUT2D eigenvalue weighted by Gasteiger charge is -2.33. The molecular weight excluding hydrogens is 178 g/mol. The highest BCUT2D eigenvalue weighted by Crippen LogP contribution is 2.30. The lowest BCUT2D eigenvalue weighted by atomic mass is 10.2. The first-order valence-electron chi connectivity index (χ1n) is 4.88. The summed E-state index contributed by atoms with van der Waals surface area (Å²) in [5, 5.41) is 0. The fourth-order valence-corrected chi connectivity index (χ4v) is 2.12. The van der Waals surface area contributed by atoms with E-state index in [0.29, 0.717) is 6.61 Å². The van der Waals surface area contributed by atoms with E-state index in [1.54, 1.807) is 0 Å². The summed E-state index contributed by atoms with van der Waals surface area (Å²) in [5.74, 6) is 1.09. The van der Waals surface area contributed by atoms with Crippen molar-refractivity contribution >= 4 is 5.82 Å². The minimum atomic E-state index is 0.0948. The Hall–Kier alpha value is -1.13. The summed E-state index contributed by atoms with van der Waals surface area (Å²) in [5.41, 5.74) is 1.19. The Balaban J connectivity index is 2.03. The number of anilines is 1. The summed E-state index contributed by atoms with van der Waals surface area (Å²) in [4.78, 5) is 8.84. The molecule has 1 aromatic heterocycles. The van der Waals surface area contributed by atoms with Gasteiger partial charge >= 0.3 is 0 Å². The topological polar surface area (TPSA) is 28.6 Å². The van der Waals surface area contributed by atoms with Crippen LogP contribution in [-0.2, 0) is 11.3 Å². The van der Waals surface area contributed by atoms with Crippen molar-refractivity contribution < 1.29 is 4.74 Å². The number of hydrogen-bond acceptors (Lipinski definition) is 4. The van der Waals surface area contributed by atoms with Crippen LogP contribution in [-0.4, -0.2) is 36.4 Å². The van der Waals surface area contributed by atoms with E-state index in [4.69, 9.17) is 4.74 Å². The molecule has 4 nitrogen and oxygen atoms in total. The standard InChI is InChI=1S/C10H13N3O/c1-12-5-6-13-9-8(3-2-4-11-9)7-14-10(12)13/h2-4,10H,5-7H2,1H3. The molecule has 0 spiro atoms. The van der Waals surface area contributed by atoms with E-state index < -0.39 is 0 Å². The second kappa shape index (κ2) is 2.93. The first-order valence-corrected chi connectivity index (χ1v) is 4.88. The second-order valence-electron chi connectivity index (χ2n) is 3.80. The van der Waals surface area contributed by atoms with E-state index in [9.17, 15) is 0 Å². The molecule has 3 heterocycles. The zero-order chi connectivity index (χ0) is 9.54. The van der Waals surface area contributed by atoms with Crippen molar-refractivity contribution in [2.24, 2.45) is 0 Å². The third-order valence-electron chi connectivity index (χ3n) is 2.86. The first-order chi connectivity index (χ1) is 6.86. The summed E-state index contributed by atoms with van der Waals surface area (Å²) >= 11 is 0. The van der Waals surface area contributed by atoms with Crippen LogP contribution in [0.25, 0.3) is 0 Å². The van der Waals surface area contributed by atoms with Crippen LogP contribution >= 0.6 is 0 Å². The molecule has 1 aromatic rings. The average Bonchev–Trinajstić information content (AvgIpc) is 2.61. The Labute approximate surface area is 83.1 Å². The van der Waals surface area contributed by atoms with E-state index in [0.717, 1.165) is 18.9 Å². The molecule has 74 valence electrons. The van der Waals surface area contributed by atoms with Gasteiger partial charge in [0, 0.05) is 24.8 Å². The van der Waals surface area contributed by atoms with E-state index in [1.807, 2.05) is 12.3 Å². The van der Waals surface area contributed by atoms with E-state index in [2.05, 4.69) is 27.9 Å². The average molecular weight is 191 g/mol. The molecule has 3 rings (SSSR count). The maximum absolute atomic E-state index is 5.75. The zero-order valence-corrected chi connectivity index (χ0v) is 8.18. The summed E-state index contributed by atoms with van der Waals surface area (Å²) in [6.07, 6.45) is 1.94. The predicted molar refractivity (Wildman–Crippen MR) is 52.8 cm³/mol. The van der Waals surface area contributed by atoms with Gasteiger partial charge in [0.15, 0.2) is 6.35 Å². The number of pyridine rings is 1. The summed E-state index contributed by atoms with van der Waals surface area (Å²) in [7, 11) is 2.08. The van der Waals surface area contributed by atoms with Gasteiger partial charge in [0.1, 0.15) is 5.82 Å². The number of hydrogen-bond donors (Lipinski definition) is 0. The van der Waals surface area contributed by atoms with Crippen LogP contribution in [0.2, 0.25) is 0 Å². The Kier molecular flexibility index (Phi) is 1.72. The monoisotopic (exact) mass is 191 g/mol. The fraction of sp³-hybridized carbons (Fsp3) is 0.500. The lowest BCUT2D eigenvalue weighted by molar-refractivity contribution is -0.0401. The van der Waals surface area contributed by atoms with Gasteiger partial charge < -0.3 is 9.64 Å². The molecule has 1 saturated heterocycles. The summed E-state index contributed by atoms with van der Waals surface area (Å²) in [6, 6.07) is 4.04. The molecule has 0 radical (unpaired) electrons. The van der Waals surface area contributed by atoms with Crippen molar-refractivity contribution in [2.45, 2.75) is 13.0 Å². The third kappa shape index (κ3) is 1.04. The van der Waals surface area contributed by atoms with Gasteiger partial charge in [0.2, 0.25) is 0 Å². The molecule has 0 aliphatic carbocycles. The van der Waals surface area contributed by atoms with Crippen LogP contribution in [0.5, 0.6) is 0 Å². The van der Waals surface area contributed by atoms with Gasteiger partial charge in [-0.25, -0.2) is 4.98 Å². The van der Waals surface area contributed by atoms with Gasteiger partial charge in [0.05, 0.1) is 6.61 Å². The van der Waals surface area contributed by atoms with Crippen molar-refractivity contribution in [2.75, 3.05) is 25.0 Å². The zero-order valence-electron chi connectivity index (χ0n) is 8.18. The summed E-state index contributed by atoms with van der Waals surface area (Å²) < 4.78 is 5.75.